The third kappa shape index (κ3) is 2.00. The van der Waals surface area contributed by atoms with E-state index in [-0.39, 0.29) is 5.97 Å². The Bertz CT molecular complexity index is 360. The maximum absolute atomic E-state index is 11.4. The Morgan fingerprint density at radius 3 is 2.78 bits per heavy atom. The van der Waals surface area contributed by atoms with Crippen LogP contribution < -0.4 is 0 Å². The maximum Gasteiger partial charge on any atom is 0.333 e. The molecule has 0 aromatic carbocycles. The second-order valence-corrected chi connectivity index (χ2v) is 6.62. The van der Waals surface area contributed by atoms with Crippen molar-refractivity contribution in [2.24, 2.45) is 29.6 Å². The van der Waals surface area contributed by atoms with Gasteiger partial charge in [0.25, 0.3) is 0 Å². The molecule has 2 nitrogen and oxygen atoms in total. The number of carbonyl (C=O) groups is 1. The van der Waals surface area contributed by atoms with Crippen LogP contribution in [0, 0.1) is 29.6 Å². The molecule has 0 spiro atoms. The number of hydrogen-bond acceptors (Lipinski definition) is 2. The van der Waals surface area contributed by atoms with Crippen molar-refractivity contribution >= 4 is 5.97 Å². The number of esters is 1. The van der Waals surface area contributed by atoms with Gasteiger partial charge in [0.1, 0.15) is 0 Å². The summed E-state index contributed by atoms with van der Waals surface area (Å²) >= 11 is 0. The first-order valence-electron chi connectivity index (χ1n) is 7.49. The van der Waals surface area contributed by atoms with Crippen LogP contribution in [-0.4, -0.2) is 12.6 Å². The molecule has 0 aromatic rings. The normalized spacial score (nSPS) is 40.8. The molecule has 2 heteroatoms. The number of fused-ring (bicyclic) bond motifs is 5. The van der Waals surface area contributed by atoms with Gasteiger partial charge < -0.3 is 4.74 Å². The van der Waals surface area contributed by atoms with Crippen molar-refractivity contribution < 1.29 is 9.53 Å². The smallest absolute Gasteiger partial charge is 0.333 e. The predicted molar refractivity (Wildman–Crippen MR) is 70.9 cm³/mol. The van der Waals surface area contributed by atoms with Crippen molar-refractivity contribution in [2.45, 2.75) is 45.4 Å². The minimum atomic E-state index is -0.225. The predicted octanol–water partition coefficient (Wildman–Crippen LogP) is 3.57. The van der Waals surface area contributed by atoms with E-state index < -0.39 is 0 Å². The fourth-order valence-electron chi connectivity index (χ4n) is 4.98. The van der Waals surface area contributed by atoms with E-state index in [4.69, 9.17) is 4.74 Å². The summed E-state index contributed by atoms with van der Waals surface area (Å²) in [7, 11) is 0. The summed E-state index contributed by atoms with van der Waals surface area (Å²) in [5.41, 5.74) is 0.513. The molecule has 3 aliphatic carbocycles. The Morgan fingerprint density at radius 1 is 1.22 bits per heavy atom. The molecule has 0 aliphatic heterocycles. The number of ether oxygens (including phenoxy) is 1. The van der Waals surface area contributed by atoms with Gasteiger partial charge in [-0.15, -0.1) is 0 Å². The highest BCUT2D eigenvalue weighted by Crippen LogP contribution is 2.61. The van der Waals surface area contributed by atoms with Crippen LogP contribution in [0.5, 0.6) is 0 Å². The van der Waals surface area contributed by atoms with E-state index in [2.05, 4.69) is 6.58 Å². The molecule has 0 radical (unpaired) electrons. The van der Waals surface area contributed by atoms with Crippen LogP contribution in [-0.2, 0) is 9.53 Å². The van der Waals surface area contributed by atoms with Gasteiger partial charge in [-0.05, 0) is 75.0 Å². The van der Waals surface area contributed by atoms with Crippen molar-refractivity contribution in [3.8, 4) is 0 Å². The van der Waals surface area contributed by atoms with E-state index in [0.717, 1.165) is 36.0 Å². The van der Waals surface area contributed by atoms with Crippen LogP contribution >= 0.6 is 0 Å². The quantitative estimate of drug-likeness (QED) is 0.561. The second kappa shape index (κ2) is 4.71. The van der Waals surface area contributed by atoms with Crippen LogP contribution in [0.3, 0.4) is 0 Å². The van der Waals surface area contributed by atoms with E-state index in [9.17, 15) is 4.79 Å². The van der Waals surface area contributed by atoms with Crippen molar-refractivity contribution in [2.75, 3.05) is 6.61 Å². The van der Waals surface area contributed by atoms with Crippen molar-refractivity contribution in [1.29, 1.82) is 0 Å². The van der Waals surface area contributed by atoms with Gasteiger partial charge >= 0.3 is 5.97 Å². The number of rotatable bonds is 4. The molecule has 3 saturated carbocycles. The minimum Gasteiger partial charge on any atom is -0.462 e. The van der Waals surface area contributed by atoms with E-state index in [1.807, 2.05) is 0 Å². The third-order valence-electron chi connectivity index (χ3n) is 5.64. The molecule has 3 rings (SSSR count). The summed E-state index contributed by atoms with van der Waals surface area (Å²) < 4.78 is 5.26. The minimum absolute atomic E-state index is 0.225. The molecule has 0 amide bonds. The molecule has 0 saturated heterocycles. The van der Waals surface area contributed by atoms with Gasteiger partial charge in [0.05, 0.1) is 6.61 Å². The lowest BCUT2D eigenvalue weighted by Gasteiger charge is -2.28. The average Bonchev–Trinajstić information content (AvgIpc) is 3.00. The molecule has 0 heterocycles. The standard InChI is InChI=1S/C16H24O2/c1-10(2)16(17)18-8-7-11-5-6-14-12-3-4-13(9-12)15(11)14/h11-15H,1,3-9H2,2H3. The van der Waals surface area contributed by atoms with Crippen LogP contribution in [0.1, 0.15) is 45.4 Å². The molecule has 100 valence electrons. The molecule has 5 atom stereocenters. The zero-order chi connectivity index (χ0) is 12.7. The molecular weight excluding hydrogens is 224 g/mol. The van der Waals surface area contributed by atoms with Gasteiger partial charge in [0.2, 0.25) is 0 Å². The van der Waals surface area contributed by atoms with Gasteiger partial charge in [-0.25, -0.2) is 4.79 Å². The van der Waals surface area contributed by atoms with Gasteiger partial charge in [0.15, 0.2) is 0 Å². The monoisotopic (exact) mass is 248 g/mol. The highest BCUT2D eigenvalue weighted by Gasteiger charge is 2.52. The molecule has 0 N–H and O–H groups in total. The summed E-state index contributed by atoms with van der Waals surface area (Å²) in [6, 6.07) is 0. The first kappa shape index (κ1) is 12.3. The first-order valence-corrected chi connectivity index (χ1v) is 7.49. The molecule has 18 heavy (non-hydrogen) atoms. The van der Waals surface area contributed by atoms with Gasteiger partial charge in [-0.1, -0.05) is 6.58 Å². The van der Waals surface area contributed by atoms with Gasteiger partial charge in [-0.2, -0.15) is 0 Å². The Hall–Kier alpha value is -0.790. The molecule has 0 aromatic heterocycles. The highest BCUT2D eigenvalue weighted by atomic mass is 16.5. The summed E-state index contributed by atoms with van der Waals surface area (Å²) in [6.07, 6.45) is 8.33. The summed E-state index contributed by atoms with van der Waals surface area (Å²) in [5, 5.41) is 0. The van der Waals surface area contributed by atoms with Crippen LogP contribution in [0.25, 0.3) is 0 Å². The second-order valence-electron chi connectivity index (χ2n) is 6.62. The average molecular weight is 248 g/mol. The molecule has 2 bridgehead atoms. The Balaban J connectivity index is 1.50. The van der Waals surface area contributed by atoms with Crippen molar-refractivity contribution in [3.05, 3.63) is 12.2 Å². The van der Waals surface area contributed by atoms with E-state index in [1.165, 1.54) is 32.1 Å². The number of carbonyl (C=O) groups excluding carboxylic acids is 1. The lowest BCUT2D eigenvalue weighted by molar-refractivity contribution is -0.139. The largest absolute Gasteiger partial charge is 0.462 e. The van der Waals surface area contributed by atoms with Crippen molar-refractivity contribution in [3.63, 3.8) is 0 Å². The molecule has 5 unspecified atom stereocenters. The fraction of sp³-hybridized carbons (Fsp3) is 0.812. The molecular formula is C16H24O2. The zero-order valence-corrected chi connectivity index (χ0v) is 11.4. The lowest BCUT2D eigenvalue weighted by atomic mass is 9.77. The van der Waals surface area contributed by atoms with Crippen molar-refractivity contribution in [1.82, 2.24) is 0 Å². The highest BCUT2D eigenvalue weighted by molar-refractivity contribution is 5.86. The number of hydrogen-bond donors (Lipinski definition) is 0. The Morgan fingerprint density at radius 2 is 2.00 bits per heavy atom. The maximum atomic E-state index is 11.4. The summed E-state index contributed by atoms with van der Waals surface area (Å²) in [6.45, 7) is 5.92. The third-order valence-corrected chi connectivity index (χ3v) is 5.64. The van der Waals surface area contributed by atoms with Gasteiger partial charge in [-0.3, -0.25) is 0 Å². The van der Waals surface area contributed by atoms with E-state index in [0.29, 0.717) is 12.2 Å². The Labute approximate surface area is 110 Å². The summed E-state index contributed by atoms with van der Waals surface area (Å²) in [4.78, 5) is 11.4. The SMILES string of the molecule is C=C(C)C(=O)OCCC1CCC2C3CCC(C3)C12. The zero-order valence-electron chi connectivity index (χ0n) is 11.4. The van der Waals surface area contributed by atoms with E-state index >= 15 is 0 Å². The van der Waals surface area contributed by atoms with Crippen LogP contribution in [0.4, 0.5) is 0 Å². The lowest BCUT2D eigenvalue weighted by Crippen LogP contribution is -2.23. The molecule has 3 fully saturated rings. The molecule has 3 aliphatic rings. The fourth-order valence-corrected chi connectivity index (χ4v) is 4.98. The Kier molecular flexibility index (Phi) is 3.21. The van der Waals surface area contributed by atoms with Crippen LogP contribution in [0.2, 0.25) is 0 Å². The van der Waals surface area contributed by atoms with E-state index in [1.54, 1.807) is 6.92 Å². The van der Waals surface area contributed by atoms with Crippen LogP contribution in [0.15, 0.2) is 12.2 Å². The topological polar surface area (TPSA) is 26.3 Å². The first-order chi connectivity index (χ1) is 8.66. The van der Waals surface area contributed by atoms with Gasteiger partial charge in [0, 0.05) is 5.57 Å². The summed E-state index contributed by atoms with van der Waals surface area (Å²) in [5.74, 6) is 4.63.